The number of ether oxygens (including phenoxy) is 1. The molecule has 0 atom stereocenters. The van der Waals surface area contributed by atoms with Crippen LogP contribution in [0, 0.1) is 19.7 Å². The number of amides is 3. The van der Waals surface area contributed by atoms with Crippen LogP contribution in [-0.4, -0.2) is 16.5 Å². The Hall–Kier alpha value is -3.87. The van der Waals surface area contributed by atoms with Gasteiger partial charge in [0, 0.05) is 22.6 Å². The second-order valence-electron chi connectivity index (χ2n) is 7.00. The molecule has 7 heteroatoms. The van der Waals surface area contributed by atoms with Crippen LogP contribution in [-0.2, 0) is 11.4 Å². The van der Waals surface area contributed by atoms with Crippen LogP contribution in [0.4, 0.5) is 9.18 Å². The first-order valence-corrected chi connectivity index (χ1v) is 9.42. The summed E-state index contributed by atoms with van der Waals surface area (Å²) in [7, 11) is 0. The van der Waals surface area contributed by atoms with E-state index in [2.05, 4.69) is 10.6 Å². The number of carbonyl (C=O) groups is 2. The number of benzene rings is 2. The summed E-state index contributed by atoms with van der Waals surface area (Å²) in [6.45, 7) is 4.06. The van der Waals surface area contributed by atoms with E-state index in [1.54, 1.807) is 24.3 Å². The van der Waals surface area contributed by atoms with E-state index in [1.807, 2.05) is 48.7 Å². The molecule has 3 aromatic rings. The lowest BCUT2D eigenvalue weighted by Crippen LogP contribution is -2.22. The van der Waals surface area contributed by atoms with Crippen molar-refractivity contribution >= 4 is 18.0 Å². The third-order valence-electron chi connectivity index (χ3n) is 4.94. The van der Waals surface area contributed by atoms with Crippen molar-refractivity contribution in [2.24, 2.45) is 0 Å². The number of hydrogen-bond acceptors (Lipinski definition) is 3. The summed E-state index contributed by atoms with van der Waals surface area (Å²) in [6.07, 6.45) is 1.66. The fourth-order valence-corrected chi connectivity index (χ4v) is 3.44. The Morgan fingerprint density at radius 2 is 1.77 bits per heavy atom. The molecule has 30 heavy (non-hydrogen) atoms. The molecule has 0 bridgehead atoms. The fraction of sp³-hybridized carbons (Fsp3) is 0.130. The molecule has 0 saturated carbocycles. The van der Waals surface area contributed by atoms with Crippen LogP contribution in [0.5, 0.6) is 5.75 Å². The predicted octanol–water partition coefficient (Wildman–Crippen LogP) is 3.99. The maximum Gasteiger partial charge on any atom is 0.326 e. The molecule has 4 rings (SSSR count). The highest BCUT2D eigenvalue weighted by molar-refractivity contribution is 6.14. The molecule has 0 aliphatic carbocycles. The molecule has 2 aromatic carbocycles. The molecule has 1 aliphatic heterocycles. The highest BCUT2D eigenvalue weighted by Gasteiger charge is 2.23. The highest BCUT2D eigenvalue weighted by atomic mass is 19.1. The second-order valence-corrected chi connectivity index (χ2v) is 7.00. The summed E-state index contributed by atoms with van der Waals surface area (Å²) in [4.78, 5) is 23.1. The number of hydrogen-bond donors (Lipinski definition) is 2. The Morgan fingerprint density at radius 3 is 2.43 bits per heavy atom. The van der Waals surface area contributed by atoms with E-state index in [9.17, 15) is 14.0 Å². The maximum atomic E-state index is 13.7. The molecule has 0 spiro atoms. The quantitative estimate of drug-likeness (QED) is 0.498. The van der Waals surface area contributed by atoms with E-state index in [0.717, 1.165) is 22.6 Å². The zero-order chi connectivity index (χ0) is 21.3. The molecule has 152 valence electrons. The molecular formula is C23H20FN3O3. The largest absolute Gasteiger partial charge is 0.489 e. The first kappa shape index (κ1) is 19.4. The van der Waals surface area contributed by atoms with E-state index in [-0.39, 0.29) is 18.1 Å². The van der Waals surface area contributed by atoms with Crippen molar-refractivity contribution in [1.29, 1.82) is 0 Å². The number of nitrogens with one attached hydrogen (secondary N) is 2. The smallest absolute Gasteiger partial charge is 0.326 e. The molecule has 3 amide bonds. The van der Waals surface area contributed by atoms with E-state index in [4.69, 9.17) is 4.74 Å². The van der Waals surface area contributed by atoms with E-state index in [0.29, 0.717) is 11.3 Å². The number of nitrogens with zero attached hydrogens (tertiary/aromatic N) is 1. The third-order valence-corrected chi connectivity index (χ3v) is 4.94. The van der Waals surface area contributed by atoms with Crippen LogP contribution in [0.25, 0.3) is 11.8 Å². The Bertz CT molecular complexity index is 1160. The van der Waals surface area contributed by atoms with Crippen molar-refractivity contribution in [3.05, 3.63) is 88.6 Å². The van der Waals surface area contributed by atoms with Crippen LogP contribution in [0.2, 0.25) is 0 Å². The van der Waals surface area contributed by atoms with Crippen molar-refractivity contribution in [2.75, 3.05) is 0 Å². The number of aromatic nitrogens is 1. The van der Waals surface area contributed by atoms with Crippen LogP contribution in [0.1, 0.15) is 22.5 Å². The Kier molecular flexibility index (Phi) is 5.10. The average Bonchev–Trinajstić information content (AvgIpc) is 3.19. The van der Waals surface area contributed by atoms with Gasteiger partial charge in [0.15, 0.2) is 0 Å². The summed E-state index contributed by atoms with van der Waals surface area (Å²) in [6, 6.07) is 15.4. The van der Waals surface area contributed by atoms with Gasteiger partial charge < -0.3 is 14.6 Å². The summed E-state index contributed by atoms with van der Waals surface area (Å²) >= 11 is 0. The van der Waals surface area contributed by atoms with Crippen molar-refractivity contribution in [3.63, 3.8) is 0 Å². The van der Waals surface area contributed by atoms with E-state index >= 15 is 0 Å². The van der Waals surface area contributed by atoms with E-state index < -0.39 is 11.9 Å². The SMILES string of the molecule is Cc1cc(/C=C2/NC(=O)NC2=O)c(C)n1-c1ccc(OCc2ccccc2F)cc1. The number of carbonyl (C=O) groups excluding carboxylic acids is 2. The summed E-state index contributed by atoms with van der Waals surface area (Å²) < 4.78 is 21.5. The van der Waals surface area contributed by atoms with Crippen LogP contribution >= 0.6 is 0 Å². The predicted molar refractivity (Wildman–Crippen MR) is 111 cm³/mol. The average molecular weight is 405 g/mol. The van der Waals surface area contributed by atoms with Gasteiger partial charge in [-0.15, -0.1) is 0 Å². The third kappa shape index (κ3) is 3.82. The fourth-order valence-electron chi connectivity index (χ4n) is 3.44. The Morgan fingerprint density at radius 1 is 1.03 bits per heavy atom. The van der Waals surface area contributed by atoms with Gasteiger partial charge in [-0.25, -0.2) is 9.18 Å². The lowest BCUT2D eigenvalue weighted by Gasteiger charge is -2.12. The number of urea groups is 1. The molecule has 6 nitrogen and oxygen atoms in total. The number of halogens is 1. The van der Waals surface area contributed by atoms with Gasteiger partial charge in [0.05, 0.1) is 0 Å². The summed E-state index contributed by atoms with van der Waals surface area (Å²) in [5.41, 5.74) is 4.38. The number of rotatable bonds is 5. The maximum absolute atomic E-state index is 13.7. The van der Waals surface area contributed by atoms with Crippen molar-refractivity contribution in [2.45, 2.75) is 20.5 Å². The lowest BCUT2D eigenvalue weighted by atomic mass is 10.2. The topological polar surface area (TPSA) is 72.4 Å². The standard InChI is InChI=1S/C23H20FN3O3/c1-14-11-17(12-21-22(28)26-23(29)25-21)15(2)27(14)18-7-9-19(10-8-18)30-13-16-5-3-4-6-20(16)24/h3-12H,13H2,1-2H3,(H2,25,26,28,29)/b21-12+. The second kappa shape index (κ2) is 7.87. The van der Waals surface area contributed by atoms with Crippen molar-refractivity contribution in [1.82, 2.24) is 15.2 Å². The first-order valence-electron chi connectivity index (χ1n) is 9.42. The molecule has 2 heterocycles. The van der Waals surface area contributed by atoms with Gasteiger partial charge in [0.2, 0.25) is 0 Å². The van der Waals surface area contributed by atoms with Crippen LogP contribution in [0.15, 0.2) is 60.3 Å². The summed E-state index contributed by atoms with van der Waals surface area (Å²) in [5.74, 6) is -0.0974. The monoisotopic (exact) mass is 405 g/mol. The molecule has 1 fully saturated rings. The van der Waals surface area contributed by atoms with Crippen molar-refractivity contribution < 1.29 is 18.7 Å². The van der Waals surface area contributed by atoms with Gasteiger partial charge in [0.1, 0.15) is 23.9 Å². The van der Waals surface area contributed by atoms with Gasteiger partial charge in [-0.05, 0) is 61.9 Å². The minimum Gasteiger partial charge on any atom is -0.489 e. The molecular weight excluding hydrogens is 385 g/mol. The molecule has 1 aromatic heterocycles. The minimum atomic E-state index is -0.522. The lowest BCUT2D eigenvalue weighted by molar-refractivity contribution is -0.115. The zero-order valence-corrected chi connectivity index (χ0v) is 16.5. The Balaban J connectivity index is 1.54. The van der Waals surface area contributed by atoms with Gasteiger partial charge in [0.25, 0.3) is 5.91 Å². The van der Waals surface area contributed by atoms with Gasteiger partial charge in [-0.1, -0.05) is 18.2 Å². The molecule has 0 radical (unpaired) electrons. The van der Waals surface area contributed by atoms with Gasteiger partial charge >= 0.3 is 6.03 Å². The summed E-state index contributed by atoms with van der Waals surface area (Å²) in [5, 5.41) is 4.69. The van der Waals surface area contributed by atoms with Crippen LogP contribution < -0.4 is 15.4 Å². The van der Waals surface area contributed by atoms with E-state index in [1.165, 1.54) is 6.07 Å². The highest BCUT2D eigenvalue weighted by Crippen LogP contribution is 2.25. The van der Waals surface area contributed by atoms with Gasteiger partial charge in [-0.3, -0.25) is 10.1 Å². The zero-order valence-electron chi connectivity index (χ0n) is 16.5. The first-order chi connectivity index (χ1) is 14.4. The number of aryl methyl sites for hydroxylation is 1. The molecule has 1 aliphatic rings. The van der Waals surface area contributed by atoms with Gasteiger partial charge in [-0.2, -0.15) is 0 Å². The van der Waals surface area contributed by atoms with Crippen molar-refractivity contribution in [3.8, 4) is 11.4 Å². The molecule has 2 N–H and O–H groups in total. The minimum absolute atomic E-state index is 0.152. The molecule has 0 unspecified atom stereocenters. The van der Waals surface area contributed by atoms with Crippen LogP contribution in [0.3, 0.4) is 0 Å². The normalized spacial score (nSPS) is 14.7. The molecule has 1 saturated heterocycles. The number of imide groups is 1. The Labute approximate surface area is 173 Å².